The topological polar surface area (TPSA) is 76.1 Å². The Labute approximate surface area is 211 Å². The lowest BCUT2D eigenvalue weighted by Gasteiger charge is -2.40. The lowest BCUT2D eigenvalue weighted by molar-refractivity contribution is -0.0324. The molecule has 0 spiro atoms. The average molecular weight is 486 g/mol. The molecule has 1 N–H and O–H groups in total. The zero-order chi connectivity index (χ0) is 25.8. The van der Waals surface area contributed by atoms with Crippen molar-refractivity contribution in [2.75, 3.05) is 13.2 Å². The van der Waals surface area contributed by atoms with Crippen LogP contribution in [0, 0.1) is 0 Å². The van der Waals surface area contributed by atoms with Gasteiger partial charge in [-0.3, -0.25) is 0 Å². The number of unbranched alkanes of at least 4 members (excludes halogenated alkanes) is 5. The summed E-state index contributed by atoms with van der Waals surface area (Å²) in [5.41, 5.74) is 1.42. The maximum Gasteiger partial charge on any atom is 0.410 e. The Bertz CT molecular complexity index is 857. The minimum Gasteiger partial charge on any atom is -0.478 e. The molecule has 0 aliphatic carbocycles. The first-order chi connectivity index (χ1) is 16.7. The predicted molar refractivity (Wildman–Crippen MR) is 140 cm³/mol. The summed E-state index contributed by atoms with van der Waals surface area (Å²) < 4.78 is 11.9. The number of carbonyl (C=O) groups excluding carboxylic acids is 1. The highest BCUT2D eigenvalue weighted by atomic mass is 16.6. The van der Waals surface area contributed by atoms with Gasteiger partial charge in [0.2, 0.25) is 0 Å². The van der Waals surface area contributed by atoms with Crippen LogP contribution < -0.4 is 0 Å². The Kier molecular flexibility index (Phi) is 11.5. The van der Waals surface area contributed by atoms with Crippen LogP contribution in [0.5, 0.6) is 0 Å². The molecule has 1 aliphatic heterocycles. The molecular weight excluding hydrogens is 442 g/mol. The molecular formula is C29H43NO5. The molecule has 1 amide bonds. The summed E-state index contributed by atoms with van der Waals surface area (Å²) in [5.74, 6) is -0.972. The maximum absolute atomic E-state index is 13.1. The number of aromatic carboxylic acids is 1. The average Bonchev–Trinajstić information content (AvgIpc) is 2.79. The van der Waals surface area contributed by atoms with Gasteiger partial charge in [-0.05, 0) is 82.6 Å². The molecule has 0 radical (unpaired) electrons. The zero-order valence-electron chi connectivity index (χ0n) is 21.8. The zero-order valence-corrected chi connectivity index (χ0v) is 21.8. The van der Waals surface area contributed by atoms with E-state index in [2.05, 4.69) is 13.2 Å². The van der Waals surface area contributed by atoms with Crippen LogP contribution in [-0.2, 0) is 15.9 Å². The van der Waals surface area contributed by atoms with Crippen molar-refractivity contribution in [3.8, 4) is 0 Å². The van der Waals surface area contributed by atoms with Crippen LogP contribution in [0.25, 0.3) is 0 Å². The molecule has 1 heterocycles. The van der Waals surface area contributed by atoms with Crippen molar-refractivity contribution in [1.29, 1.82) is 0 Å². The van der Waals surface area contributed by atoms with Crippen LogP contribution in [0.1, 0.15) is 99.7 Å². The third kappa shape index (κ3) is 9.52. The third-order valence-corrected chi connectivity index (χ3v) is 6.20. The number of piperidine rings is 1. The monoisotopic (exact) mass is 485 g/mol. The van der Waals surface area contributed by atoms with Crippen LogP contribution in [0.15, 0.2) is 43.5 Å². The molecule has 0 unspecified atom stereocenters. The van der Waals surface area contributed by atoms with E-state index in [1.807, 2.05) is 32.9 Å². The van der Waals surface area contributed by atoms with Crippen LogP contribution >= 0.6 is 0 Å². The Morgan fingerprint density at radius 1 is 1.11 bits per heavy atom. The van der Waals surface area contributed by atoms with Crippen molar-refractivity contribution in [1.82, 2.24) is 4.90 Å². The number of amides is 1. The van der Waals surface area contributed by atoms with E-state index in [1.54, 1.807) is 23.1 Å². The highest BCUT2D eigenvalue weighted by Crippen LogP contribution is 2.36. The number of rotatable bonds is 13. The number of ether oxygens (including phenoxy) is 2. The highest BCUT2D eigenvalue weighted by molar-refractivity contribution is 5.88. The molecule has 1 aliphatic rings. The normalized spacial score (nSPS) is 18.2. The largest absolute Gasteiger partial charge is 0.478 e. The molecule has 1 aromatic rings. The van der Waals surface area contributed by atoms with Crippen molar-refractivity contribution in [3.63, 3.8) is 0 Å². The van der Waals surface area contributed by atoms with Crippen LogP contribution in [0.2, 0.25) is 0 Å². The standard InChI is InChI=1S/C29H43NO5/c1-6-8-9-10-11-12-13-19-34-24-17-18-30(28(33)35-29(3,4)5)26(21-24)25-16-15-23(27(31)32)20-22(25)14-7-2/h6-7,15-16,20,24,26H,1-2,8-14,17-19,21H2,3-5H3,(H,31,32)/t24-,26-/m0/s1. The van der Waals surface area contributed by atoms with Gasteiger partial charge in [0.1, 0.15) is 5.60 Å². The van der Waals surface area contributed by atoms with Gasteiger partial charge in [-0.25, -0.2) is 9.59 Å². The van der Waals surface area contributed by atoms with Gasteiger partial charge in [-0.2, -0.15) is 0 Å². The molecule has 2 atom stereocenters. The molecule has 35 heavy (non-hydrogen) atoms. The molecule has 2 rings (SSSR count). The van der Waals surface area contributed by atoms with Crippen molar-refractivity contribution in [3.05, 3.63) is 60.2 Å². The van der Waals surface area contributed by atoms with E-state index in [0.29, 0.717) is 26.0 Å². The van der Waals surface area contributed by atoms with Crippen LogP contribution in [0.4, 0.5) is 4.79 Å². The first-order valence-electron chi connectivity index (χ1n) is 12.9. The van der Waals surface area contributed by atoms with Gasteiger partial charge in [-0.1, -0.05) is 37.5 Å². The Morgan fingerprint density at radius 3 is 2.49 bits per heavy atom. The summed E-state index contributed by atoms with van der Waals surface area (Å²) in [7, 11) is 0. The fraction of sp³-hybridized carbons (Fsp3) is 0.586. The van der Waals surface area contributed by atoms with Gasteiger partial charge >= 0.3 is 12.1 Å². The fourth-order valence-corrected chi connectivity index (χ4v) is 4.49. The number of allylic oxidation sites excluding steroid dienone is 2. The first kappa shape index (κ1) is 28.6. The summed E-state index contributed by atoms with van der Waals surface area (Å²) in [4.78, 5) is 26.4. The minimum atomic E-state index is -0.972. The van der Waals surface area contributed by atoms with Gasteiger partial charge in [0.25, 0.3) is 0 Å². The number of hydrogen-bond acceptors (Lipinski definition) is 4. The highest BCUT2D eigenvalue weighted by Gasteiger charge is 2.36. The number of likely N-dealkylation sites (tertiary alicyclic amines) is 1. The van der Waals surface area contributed by atoms with E-state index >= 15 is 0 Å². The van der Waals surface area contributed by atoms with Crippen LogP contribution in [-0.4, -0.2) is 46.9 Å². The van der Waals surface area contributed by atoms with E-state index in [4.69, 9.17) is 9.47 Å². The number of carboxylic acid groups (broad SMARTS) is 1. The molecule has 6 nitrogen and oxygen atoms in total. The molecule has 194 valence electrons. The Balaban J connectivity index is 2.13. The van der Waals surface area contributed by atoms with Crippen molar-refractivity contribution < 1.29 is 24.2 Å². The van der Waals surface area contributed by atoms with Crippen molar-refractivity contribution in [2.24, 2.45) is 0 Å². The van der Waals surface area contributed by atoms with E-state index < -0.39 is 11.6 Å². The molecule has 1 aromatic carbocycles. The van der Waals surface area contributed by atoms with E-state index in [9.17, 15) is 14.7 Å². The number of nitrogens with zero attached hydrogens (tertiary/aromatic N) is 1. The quantitative estimate of drug-likeness (QED) is 0.238. The lowest BCUT2D eigenvalue weighted by Crippen LogP contribution is -2.45. The van der Waals surface area contributed by atoms with E-state index in [1.165, 1.54) is 19.3 Å². The molecule has 0 aromatic heterocycles. The Morgan fingerprint density at radius 2 is 1.83 bits per heavy atom. The molecule has 0 bridgehead atoms. The number of benzene rings is 1. The second-order valence-electron chi connectivity index (χ2n) is 10.3. The van der Waals surface area contributed by atoms with Gasteiger partial charge in [0.15, 0.2) is 0 Å². The summed E-state index contributed by atoms with van der Waals surface area (Å²) in [6.07, 6.45) is 12.2. The third-order valence-electron chi connectivity index (χ3n) is 6.20. The van der Waals surface area contributed by atoms with Crippen molar-refractivity contribution >= 4 is 12.1 Å². The smallest absolute Gasteiger partial charge is 0.410 e. The summed E-state index contributed by atoms with van der Waals surface area (Å²) >= 11 is 0. The first-order valence-corrected chi connectivity index (χ1v) is 12.9. The lowest BCUT2D eigenvalue weighted by atomic mass is 9.88. The number of hydrogen-bond donors (Lipinski definition) is 1. The summed E-state index contributed by atoms with van der Waals surface area (Å²) in [6.45, 7) is 14.4. The van der Waals surface area contributed by atoms with E-state index in [0.717, 1.165) is 36.8 Å². The molecule has 1 fully saturated rings. The van der Waals surface area contributed by atoms with E-state index in [-0.39, 0.29) is 23.8 Å². The second-order valence-corrected chi connectivity index (χ2v) is 10.3. The molecule has 0 saturated carbocycles. The summed E-state index contributed by atoms with van der Waals surface area (Å²) in [5, 5.41) is 9.46. The van der Waals surface area contributed by atoms with Crippen molar-refractivity contribution in [2.45, 2.75) is 96.3 Å². The predicted octanol–water partition coefficient (Wildman–Crippen LogP) is 7.10. The second kappa shape index (κ2) is 14.1. The van der Waals surface area contributed by atoms with Gasteiger partial charge < -0.3 is 19.5 Å². The van der Waals surface area contributed by atoms with Crippen LogP contribution in [0.3, 0.4) is 0 Å². The van der Waals surface area contributed by atoms with Gasteiger partial charge in [-0.15, -0.1) is 13.2 Å². The maximum atomic E-state index is 13.1. The fourth-order valence-electron chi connectivity index (χ4n) is 4.49. The number of carboxylic acids is 1. The minimum absolute atomic E-state index is 0.0372. The molecule has 1 saturated heterocycles. The Hall–Kier alpha value is -2.60. The van der Waals surface area contributed by atoms with Gasteiger partial charge in [0.05, 0.1) is 17.7 Å². The SMILES string of the molecule is C=CCCCCCCCO[C@H]1CCN(C(=O)OC(C)(C)C)[C@H](c2ccc(C(=O)O)cc2CC=C)C1. The summed E-state index contributed by atoms with van der Waals surface area (Å²) in [6, 6.07) is 4.87. The molecule has 6 heteroatoms. The number of carbonyl (C=O) groups is 2. The van der Waals surface area contributed by atoms with Gasteiger partial charge in [0, 0.05) is 13.2 Å².